The molecule has 0 aliphatic carbocycles. The number of methoxy groups -OCH3 is 1. The molecule has 1 aromatic heterocycles. The highest BCUT2D eigenvalue weighted by molar-refractivity contribution is 7.09. The maximum absolute atomic E-state index is 11.9. The highest BCUT2D eigenvalue weighted by Gasteiger charge is 2.13. The molecule has 2 aromatic rings. The van der Waals surface area contributed by atoms with E-state index in [1.54, 1.807) is 35.6 Å². The molecular weight excluding hydrogens is 274 g/mol. The van der Waals surface area contributed by atoms with E-state index in [0.29, 0.717) is 24.1 Å². The van der Waals surface area contributed by atoms with Crippen LogP contribution in [0.15, 0.2) is 41.8 Å². The first kappa shape index (κ1) is 14.3. The molecule has 20 heavy (non-hydrogen) atoms. The fourth-order valence-corrected chi connectivity index (χ4v) is 2.49. The van der Waals surface area contributed by atoms with Crippen LogP contribution in [0, 0.1) is 0 Å². The first-order chi connectivity index (χ1) is 9.70. The van der Waals surface area contributed by atoms with Gasteiger partial charge in [-0.05, 0) is 30.0 Å². The molecule has 0 fully saturated rings. The van der Waals surface area contributed by atoms with E-state index in [9.17, 15) is 9.59 Å². The molecule has 0 aliphatic heterocycles. The summed E-state index contributed by atoms with van der Waals surface area (Å²) in [4.78, 5) is 24.7. The van der Waals surface area contributed by atoms with Crippen molar-refractivity contribution in [1.29, 1.82) is 0 Å². The molecule has 1 amide bonds. The van der Waals surface area contributed by atoms with Gasteiger partial charge < -0.3 is 10.1 Å². The lowest BCUT2D eigenvalue weighted by Gasteiger charge is -2.09. The Bertz CT molecular complexity index is 593. The lowest BCUT2D eigenvalue weighted by molar-refractivity contribution is -0.116. The Morgan fingerprint density at radius 1 is 1.20 bits per heavy atom. The summed E-state index contributed by atoms with van der Waals surface area (Å²) < 4.78 is 4.69. The van der Waals surface area contributed by atoms with Gasteiger partial charge in [0.1, 0.15) is 0 Å². The van der Waals surface area contributed by atoms with Crippen LogP contribution in [0.3, 0.4) is 0 Å². The van der Waals surface area contributed by atoms with Gasteiger partial charge in [-0.1, -0.05) is 18.2 Å². The zero-order valence-electron chi connectivity index (χ0n) is 11.1. The highest BCUT2D eigenvalue weighted by Crippen LogP contribution is 2.17. The van der Waals surface area contributed by atoms with Gasteiger partial charge >= 0.3 is 5.97 Å². The summed E-state index contributed by atoms with van der Waals surface area (Å²) in [5.41, 5.74) is 0.843. The predicted octanol–water partition coefficient (Wildman–Crippen LogP) is 3.11. The van der Waals surface area contributed by atoms with Gasteiger partial charge in [0.2, 0.25) is 5.91 Å². The Kier molecular flexibility index (Phi) is 4.90. The monoisotopic (exact) mass is 289 g/mol. The fourth-order valence-electron chi connectivity index (χ4n) is 1.78. The number of hydrogen-bond donors (Lipinski definition) is 1. The Balaban J connectivity index is 1.99. The summed E-state index contributed by atoms with van der Waals surface area (Å²) in [5.74, 6) is -0.575. The van der Waals surface area contributed by atoms with E-state index in [4.69, 9.17) is 0 Å². The van der Waals surface area contributed by atoms with Crippen LogP contribution in [0.4, 0.5) is 5.69 Å². The van der Waals surface area contributed by atoms with E-state index in [1.165, 1.54) is 12.0 Å². The second-order valence-electron chi connectivity index (χ2n) is 4.16. The van der Waals surface area contributed by atoms with Crippen LogP contribution >= 0.6 is 11.3 Å². The largest absolute Gasteiger partial charge is 0.465 e. The van der Waals surface area contributed by atoms with Crippen LogP contribution in [0.1, 0.15) is 21.7 Å². The summed E-state index contributed by atoms with van der Waals surface area (Å²) in [7, 11) is 1.32. The van der Waals surface area contributed by atoms with Crippen molar-refractivity contribution in [3.63, 3.8) is 0 Å². The van der Waals surface area contributed by atoms with Gasteiger partial charge in [0.05, 0.1) is 18.4 Å². The number of carbonyl (C=O) groups excluding carboxylic acids is 2. The number of thiophene rings is 1. The van der Waals surface area contributed by atoms with Crippen LogP contribution in [0.5, 0.6) is 0 Å². The van der Waals surface area contributed by atoms with Crippen LogP contribution in [0.2, 0.25) is 0 Å². The third-order valence-corrected chi connectivity index (χ3v) is 3.72. The number of aryl methyl sites for hydroxylation is 1. The topological polar surface area (TPSA) is 55.4 Å². The first-order valence-corrected chi connectivity index (χ1v) is 7.08. The van der Waals surface area contributed by atoms with E-state index in [2.05, 4.69) is 10.1 Å². The van der Waals surface area contributed by atoms with E-state index in [-0.39, 0.29) is 5.91 Å². The number of benzene rings is 1. The molecule has 1 heterocycles. The van der Waals surface area contributed by atoms with Gasteiger partial charge in [-0.25, -0.2) is 4.79 Å². The molecule has 0 unspecified atom stereocenters. The third kappa shape index (κ3) is 3.68. The Morgan fingerprint density at radius 2 is 2.00 bits per heavy atom. The minimum Gasteiger partial charge on any atom is -0.465 e. The maximum Gasteiger partial charge on any atom is 0.339 e. The molecule has 1 aromatic carbocycles. The molecule has 0 saturated carbocycles. The quantitative estimate of drug-likeness (QED) is 0.860. The SMILES string of the molecule is COC(=O)c1ccccc1NC(=O)CCc1cccs1. The average Bonchev–Trinajstić information content (AvgIpc) is 2.98. The highest BCUT2D eigenvalue weighted by atomic mass is 32.1. The van der Waals surface area contributed by atoms with Crippen LogP contribution in [-0.4, -0.2) is 19.0 Å². The number of esters is 1. The van der Waals surface area contributed by atoms with E-state index >= 15 is 0 Å². The van der Waals surface area contributed by atoms with Crippen molar-refractivity contribution in [3.05, 3.63) is 52.2 Å². The summed E-state index contributed by atoms with van der Waals surface area (Å²) in [6, 6.07) is 10.8. The molecule has 0 bridgehead atoms. The molecule has 5 heteroatoms. The number of nitrogens with one attached hydrogen (secondary N) is 1. The normalized spacial score (nSPS) is 10.1. The van der Waals surface area contributed by atoms with Crippen molar-refractivity contribution in [1.82, 2.24) is 0 Å². The van der Waals surface area contributed by atoms with Crippen molar-refractivity contribution in [3.8, 4) is 0 Å². The predicted molar refractivity (Wildman–Crippen MR) is 79.1 cm³/mol. The number of rotatable bonds is 5. The molecule has 0 spiro atoms. The Hall–Kier alpha value is -2.14. The van der Waals surface area contributed by atoms with E-state index in [0.717, 1.165) is 0 Å². The van der Waals surface area contributed by atoms with E-state index < -0.39 is 5.97 Å². The second-order valence-corrected chi connectivity index (χ2v) is 5.20. The van der Waals surface area contributed by atoms with Gasteiger partial charge in [-0.15, -0.1) is 11.3 Å². The van der Waals surface area contributed by atoms with Gasteiger partial charge in [0, 0.05) is 11.3 Å². The minimum absolute atomic E-state index is 0.116. The fraction of sp³-hybridized carbons (Fsp3) is 0.200. The lowest BCUT2D eigenvalue weighted by atomic mass is 10.1. The zero-order chi connectivity index (χ0) is 14.4. The van der Waals surface area contributed by atoms with Crippen molar-refractivity contribution in [2.75, 3.05) is 12.4 Å². The first-order valence-electron chi connectivity index (χ1n) is 6.20. The van der Waals surface area contributed by atoms with Gasteiger partial charge in [0.15, 0.2) is 0 Å². The molecule has 1 N–H and O–H groups in total. The number of anilines is 1. The molecular formula is C15H15NO3S. The van der Waals surface area contributed by atoms with E-state index in [1.807, 2.05) is 17.5 Å². The summed E-state index contributed by atoms with van der Waals surface area (Å²) in [6.45, 7) is 0. The Morgan fingerprint density at radius 3 is 2.70 bits per heavy atom. The summed E-state index contributed by atoms with van der Waals surface area (Å²) in [5, 5.41) is 4.74. The van der Waals surface area contributed by atoms with Crippen molar-refractivity contribution in [2.24, 2.45) is 0 Å². The van der Waals surface area contributed by atoms with Crippen molar-refractivity contribution in [2.45, 2.75) is 12.8 Å². The Labute approximate surface area is 121 Å². The van der Waals surface area contributed by atoms with Crippen molar-refractivity contribution < 1.29 is 14.3 Å². The number of para-hydroxylation sites is 1. The number of hydrogen-bond acceptors (Lipinski definition) is 4. The smallest absolute Gasteiger partial charge is 0.339 e. The van der Waals surface area contributed by atoms with Gasteiger partial charge in [-0.2, -0.15) is 0 Å². The summed E-state index contributed by atoms with van der Waals surface area (Å²) >= 11 is 1.63. The van der Waals surface area contributed by atoms with Crippen LogP contribution < -0.4 is 5.32 Å². The number of ether oxygens (including phenoxy) is 1. The second kappa shape index (κ2) is 6.86. The molecule has 2 rings (SSSR count). The summed E-state index contributed by atoms with van der Waals surface area (Å²) in [6.07, 6.45) is 1.08. The van der Waals surface area contributed by atoms with Crippen LogP contribution in [-0.2, 0) is 16.0 Å². The lowest BCUT2D eigenvalue weighted by Crippen LogP contribution is -2.15. The molecule has 104 valence electrons. The van der Waals surface area contributed by atoms with Crippen molar-refractivity contribution >= 4 is 28.9 Å². The number of carbonyl (C=O) groups is 2. The molecule has 4 nitrogen and oxygen atoms in total. The van der Waals surface area contributed by atoms with Gasteiger partial charge in [-0.3, -0.25) is 4.79 Å². The minimum atomic E-state index is -0.459. The molecule has 0 saturated heterocycles. The van der Waals surface area contributed by atoms with Gasteiger partial charge in [0.25, 0.3) is 0 Å². The molecule has 0 atom stereocenters. The maximum atomic E-state index is 11.9. The number of amides is 1. The molecule has 0 aliphatic rings. The molecule has 0 radical (unpaired) electrons. The average molecular weight is 289 g/mol. The zero-order valence-corrected chi connectivity index (χ0v) is 11.9. The van der Waals surface area contributed by atoms with Crippen LogP contribution in [0.25, 0.3) is 0 Å². The third-order valence-electron chi connectivity index (χ3n) is 2.79. The standard InChI is InChI=1S/C15H15NO3S/c1-19-15(18)12-6-2-3-7-13(12)16-14(17)9-8-11-5-4-10-20-11/h2-7,10H,8-9H2,1H3,(H,16,17).